The summed E-state index contributed by atoms with van der Waals surface area (Å²) < 4.78 is 0. The van der Waals surface area contributed by atoms with Gasteiger partial charge in [0.15, 0.2) is 0 Å². The Kier molecular flexibility index (Phi) is 4.27. The van der Waals surface area contributed by atoms with Crippen LogP contribution in [0.3, 0.4) is 0 Å². The first-order chi connectivity index (χ1) is 7.88. The van der Waals surface area contributed by atoms with Crippen LogP contribution in [0.2, 0.25) is 0 Å². The maximum atomic E-state index is 4.76. The summed E-state index contributed by atoms with van der Waals surface area (Å²) in [6.45, 7) is 0. The Morgan fingerprint density at radius 1 is 1.18 bits per heavy atom. The standard InChI is InChI=1S/C13H11NS2.HI/c1-15-13-12-10(6-7-16-12)8-9-4-2-3-5-11(9)14-13;/h2-7H,8H2,1H3;1H. The van der Waals surface area contributed by atoms with Crippen LogP contribution < -0.4 is 0 Å². The number of thioether (sulfide) groups is 1. The van der Waals surface area contributed by atoms with Gasteiger partial charge < -0.3 is 0 Å². The summed E-state index contributed by atoms with van der Waals surface area (Å²) >= 11 is 3.52. The molecule has 0 unspecified atom stereocenters. The Morgan fingerprint density at radius 3 is 2.82 bits per heavy atom. The van der Waals surface area contributed by atoms with E-state index in [9.17, 15) is 0 Å². The fraction of sp³-hybridized carbons (Fsp3) is 0.154. The highest BCUT2D eigenvalue weighted by Gasteiger charge is 2.16. The van der Waals surface area contributed by atoms with Gasteiger partial charge in [-0.15, -0.1) is 47.1 Å². The van der Waals surface area contributed by atoms with Gasteiger partial charge in [0.1, 0.15) is 5.04 Å². The Morgan fingerprint density at radius 2 is 2.00 bits per heavy atom. The number of halogens is 1. The third kappa shape index (κ3) is 2.44. The van der Waals surface area contributed by atoms with E-state index < -0.39 is 0 Å². The van der Waals surface area contributed by atoms with Crippen molar-refractivity contribution in [2.24, 2.45) is 4.99 Å². The van der Waals surface area contributed by atoms with Crippen LogP contribution >= 0.6 is 47.1 Å². The minimum atomic E-state index is 0. The summed E-state index contributed by atoms with van der Waals surface area (Å²) in [6.07, 6.45) is 3.10. The number of rotatable bonds is 0. The molecular weight excluding hydrogens is 361 g/mol. The zero-order valence-corrected chi connectivity index (χ0v) is 13.3. The predicted octanol–water partition coefficient (Wildman–Crippen LogP) is 4.71. The molecule has 1 aromatic heterocycles. The molecule has 0 saturated carbocycles. The van der Waals surface area contributed by atoms with Crippen LogP contribution in [0.25, 0.3) is 0 Å². The molecule has 0 aliphatic carbocycles. The van der Waals surface area contributed by atoms with Crippen molar-refractivity contribution in [1.29, 1.82) is 0 Å². The molecule has 1 aliphatic rings. The third-order valence-corrected chi connectivity index (χ3v) is 4.50. The van der Waals surface area contributed by atoms with Gasteiger partial charge in [-0.25, -0.2) is 4.99 Å². The summed E-state index contributed by atoms with van der Waals surface area (Å²) in [5.74, 6) is 0. The fourth-order valence-corrected chi connectivity index (χ4v) is 3.64. The summed E-state index contributed by atoms with van der Waals surface area (Å²) in [5.41, 5.74) is 3.85. The van der Waals surface area contributed by atoms with E-state index >= 15 is 0 Å². The maximum Gasteiger partial charge on any atom is 0.114 e. The van der Waals surface area contributed by atoms with Gasteiger partial charge in [-0.1, -0.05) is 18.2 Å². The second-order valence-corrected chi connectivity index (χ2v) is 5.41. The average Bonchev–Trinajstić information content (AvgIpc) is 2.70. The smallest absolute Gasteiger partial charge is 0.114 e. The van der Waals surface area contributed by atoms with Crippen molar-refractivity contribution >= 4 is 57.8 Å². The first-order valence-electron chi connectivity index (χ1n) is 5.16. The highest BCUT2D eigenvalue weighted by atomic mass is 127. The number of benzene rings is 1. The van der Waals surface area contributed by atoms with Gasteiger partial charge >= 0.3 is 0 Å². The van der Waals surface area contributed by atoms with E-state index in [1.807, 2.05) is 0 Å². The molecule has 2 heterocycles. The molecule has 0 amide bonds. The van der Waals surface area contributed by atoms with E-state index in [1.54, 1.807) is 23.1 Å². The van der Waals surface area contributed by atoms with E-state index in [2.05, 4.69) is 42.0 Å². The monoisotopic (exact) mass is 373 g/mol. The van der Waals surface area contributed by atoms with Crippen molar-refractivity contribution < 1.29 is 0 Å². The molecule has 3 rings (SSSR count). The second-order valence-electron chi connectivity index (χ2n) is 3.70. The quantitative estimate of drug-likeness (QED) is 0.609. The molecule has 0 N–H and O–H groups in total. The average molecular weight is 373 g/mol. The summed E-state index contributed by atoms with van der Waals surface area (Å²) in [6, 6.07) is 10.6. The lowest BCUT2D eigenvalue weighted by molar-refractivity contribution is 1.21. The predicted molar refractivity (Wildman–Crippen MR) is 88.7 cm³/mol. The van der Waals surface area contributed by atoms with Crippen LogP contribution in [-0.2, 0) is 6.42 Å². The van der Waals surface area contributed by atoms with E-state index in [1.165, 1.54) is 16.0 Å². The number of para-hydroxylation sites is 1. The van der Waals surface area contributed by atoms with Crippen molar-refractivity contribution in [3.05, 3.63) is 51.7 Å². The zero-order valence-electron chi connectivity index (χ0n) is 9.34. The van der Waals surface area contributed by atoms with Crippen LogP contribution in [0.4, 0.5) is 5.69 Å². The molecule has 2 aromatic rings. The summed E-state index contributed by atoms with van der Waals surface area (Å²) in [7, 11) is 0. The normalized spacial score (nSPS) is 12.9. The molecule has 4 heteroatoms. The Hall–Kier alpha value is -0.330. The Balaban J connectivity index is 0.00000108. The molecule has 1 aromatic carbocycles. The van der Waals surface area contributed by atoms with Crippen LogP contribution in [-0.4, -0.2) is 11.3 Å². The Labute approximate surface area is 126 Å². The van der Waals surface area contributed by atoms with Gasteiger partial charge in [0, 0.05) is 6.42 Å². The molecule has 17 heavy (non-hydrogen) atoms. The van der Waals surface area contributed by atoms with E-state index in [0.29, 0.717) is 0 Å². The molecule has 0 spiro atoms. The minimum Gasteiger partial charge on any atom is -0.240 e. The van der Waals surface area contributed by atoms with Crippen molar-refractivity contribution in [2.75, 3.05) is 6.26 Å². The number of thiophene rings is 1. The topological polar surface area (TPSA) is 12.4 Å². The molecule has 88 valence electrons. The summed E-state index contributed by atoms with van der Waals surface area (Å²) in [5, 5.41) is 3.31. The number of hydrogen-bond acceptors (Lipinski definition) is 3. The maximum absolute atomic E-state index is 4.76. The lowest BCUT2D eigenvalue weighted by Gasteiger charge is -2.00. The zero-order chi connectivity index (χ0) is 11.0. The van der Waals surface area contributed by atoms with Crippen LogP contribution in [0.15, 0.2) is 40.7 Å². The number of aliphatic imine (C=N–C) groups is 1. The lowest BCUT2D eigenvalue weighted by atomic mass is 10.1. The van der Waals surface area contributed by atoms with Crippen LogP contribution in [0.5, 0.6) is 0 Å². The number of hydrogen-bond donors (Lipinski definition) is 0. The van der Waals surface area contributed by atoms with Crippen molar-refractivity contribution in [1.82, 2.24) is 0 Å². The van der Waals surface area contributed by atoms with Crippen molar-refractivity contribution in [3.63, 3.8) is 0 Å². The van der Waals surface area contributed by atoms with Gasteiger partial charge in [0.2, 0.25) is 0 Å². The molecule has 1 nitrogen and oxygen atoms in total. The minimum absolute atomic E-state index is 0. The first kappa shape index (κ1) is 13.1. The van der Waals surface area contributed by atoms with Gasteiger partial charge in [0.05, 0.1) is 10.6 Å². The second kappa shape index (κ2) is 5.54. The molecule has 0 radical (unpaired) electrons. The largest absolute Gasteiger partial charge is 0.240 e. The molecule has 0 fully saturated rings. The summed E-state index contributed by atoms with van der Waals surface area (Å²) in [4.78, 5) is 6.10. The molecule has 0 atom stereocenters. The molecular formula is C13H12INS2. The SMILES string of the molecule is CSC1=Nc2ccccc2Cc2ccsc21.I. The first-order valence-corrected chi connectivity index (χ1v) is 7.26. The van der Waals surface area contributed by atoms with Crippen molar-refractivity contribution in [3.8, 4) is 0 Å². The van der Waals surface area contributed by atoms with E-state index in [-0.39, 0.29) is 24.0 Å². The van der Waals surface area contributed by atoms with Crippen LogP contribution in [0, 0.1) is 0 Å². The van der Waals surface area contributed by atoms with Crippen LogP contribution in [0.1, 0.15) is 16.0 Å². The highest BCUT2D eigenvalue weighted by molar-refractivity contribution is 14.0. The van der Waals surface area contributed by atoms with Gasteiger partial charge in [-0.2, -0.15) is 0 Å². The van der Waals surface area contributed by atoms with Gasteiger partial charge in [0.25, 0.3) is 0 Å². The van der Waals surface area contributed by atoms with Gasteiger partial charge in [-0.05, 0) is 34.9 Å². The highest BCUT2D eigenvalue weighted by Crippen LogP contribution is 2.33. The number of nitrogens with zero attached hydrogens (tertiary/aromatic N) is 1. The fourth-order valence-electron chi connectivity index (χ4n) is 1.94. The van der Waals surface area contributed by atoms with E-state index in [0.717, 1.165) is 17.2 Å². The molecule has 1 aliphatic heterocycles. The molecule has 0 saturated heterocycles. The Bertz CT molecular complexity index is 560. The van der Waals surface area contributed by atoms with Crippen molar-refractivity contribution in [2.45, 2.75) is 6.42 Å². The number of fused-ring (bicyclic) bond motifs is 2. The third-order valence-electron chi connectivity index (χ3n) is 2.73. The lowest BCUT2D eigenvalue weighted by Crippen LogP contribution is -1.92. The van der Waals surface area contributed by atoms with Gasteiger partial charge in [-0.3, -0.25) is 0 Å². The van der Waals surface area contributed by atoms with E-state index in [4.69, 9.17) is 4.99 Å². The molecule has 0 bridgehead atoms.